The van der Waals surface area contributed by atoms with Gasteiger partial charge in [0, 0.05) is 5.02 Å². The van der Waals surface area contributed by atoms with E-state index in [9.17, 15) is 8.42 Å². The molecule has 0 amide bonds. The van der Waals surface area contributed by atoms with Crippen LogP contribution in [0, 0.1) is 0 Å². The van der Waals surface area contributed by atoms with Crippen molar-refractivity contribution in [3.63, 3.8) is 0 Å². The molecule has 0 aliphatic carbocycles. The molecule has 0 radical (unpaired) electrons. The predicted molar refractivity (Wildman–Crippen MR) is 49.2 cm³/mol. The smallest absolute Gasteiger partial charge is 1.00 e. The molecule has 1 aromatic carbocycles. The molecule has 0 spiro atoms. The van der Waals surface area contributed by atoms with E-state index in [1.165, 1.54) is 24.3 Å². The van der Waals surface area contributed by atoms with Gasteiger partial charge in [-0.1, -0.05) is 11.6 Å². The van der Waals surface area contributed by atoms with Crippen LogP contribution in [0.15, 0.2) is 29.2 Å². The average Bonchev–Trinajstić information content (AvgIpc) is 1.86. The molecule has 0 unspecified atom stereocenters. The third-order valence-corrected chi connectivity index (χ3v) is 2.23. The van der Waals surface area contributed by atoms with Gasteiger partial charge < -0.3 is 2.85 Å². The van der Waals surface area contributed by atoms with Gasteiger partial charge in [0.25, 0.3) is 10.1 Å². The number of hydrogen-bond donors (Lipinski definition) is 1. The molecule has 12 heavy (non-hydrogen) atoms. The standard InChI is InChI=1S/C6H5ClO3S.Ca.2H/c7-5-1-3-6(4-2-5)11(8,9)10;;;/h1-4H,(H,8,9,10);;;/q;+2;2*-1. The number of hydrogen-bond acceptors (Lipinski definition) is 2. The maximum atomic E-state index is 10.5. The Balaban J connectivity index is -0.000000403. The first-order valence-corrected chi connectivity index (χ1v) is 4.55. The molecular formula is C6H7CaClO3S. The van der Waals surface area contributed by atoms with Gasteiger partial charge in [0.05, 0.1) is 4.90 Å². The second kappa shape index (κ2) is 4.79. The van der Waals surface area contributed by atoms with E-state index in [2.05, 4.69) is 0 Å². The summed E-state index contributed by atoms with van der Waals surface area (Å²) in [5.74, 6) is 0. The summed E-state index contributed by atoms with van der Waals surface area (Å²) < 4.78 is 29.4. The van der Waals surface area contributed by atoms with Crippen LogP contribution in [0.5, 0.6) is 0 Å². The van der Waals surface area contributed by atoms with Gasteiger partial charge in [0.1, 0.15) is 0 Å². The molecule has 6 heteroatoms. The van der Waals surface area contributed by atoms with E-state index in [-0.39, 0.29) is 45.5 Å². The fourth-order valence-electron chi connectivity index (χ4n) is 0.607. The molecule has 0 aliphatic rings. The van der Waals surface area contributed by atoms with E-state index < -0.39 is 10.1 Å². The van der Waals surface area contributed by atoms with Crippen molar-refractivity contribution in [2.24, 2.45) is 0 Å². The molecule has 0 saturated heterocycles. The molecule has 3 nitrogen and oxygen atoms in total. The van der Waals surface area contributed by atoms with Crippen LogP contribution in [-0.4, -0.2) is 50.7 Å². The first kappa shape index (κ1) is 12.7. The van der Waals surface area contributed by atoms with Gasteiger partial charge in [0.15, 0.2) is 0 Å². The maximum Gasteiger partial charge on any atom is 2.00 e. The van der Waals surface area contributed by atoms with Gasteiger partial charge in [-0.15, -0.1) is 0 Å². The summed E-state index contributed by atoms with van der Waals surface area (Å²) in [5.41, 5.74) is 0. The number of halogens is 1. The Kier molecular flexibility index (Phi) is 5.06. The monoisotopic (exact) mass is 234 g/mol. The zero-order chi connectivity index (χ0) is 8.48. The Hall–Kier alpha value is 0.680. The second-order valence-electron chi connectivity index (χ2n) is 1.93. The minimum Gasteiger partial charge on any atom is -1.00 e. The predicted octanol–water partition coefficient (Wildman–Crippen LogP) is 1.43. The zero-order valence-electron chi connectivity index (χ0n) is 8.07. The molecule has 0 aromatic heterocycles. The molecule has 1 rings (SSSR count). The summed E-state index contributed by atoms with van der Waals surface area (Å²) in [7, 11) is -4.08. The van der Waals surface area contributed by atoms with Gasteiger partial charge in [-0.3, -0.25) is 4.55 Å². The fraction of sp³-hybridized carbons (Fsp3) is 0. The van der Waals surface area contributed by atoms with Crippen molar-refractivity contribution in [3.8, 4) is 0 Å². The van der Waals surface area contributed by atoms with Crippen LogP contribution in [0.4, 0.5) is 0 Å². The third kappa shape index (κ3) is 3.60. The van der Waals surface area contributed by atoms with Crippen LogP contribution in [0.2, 0.25) is 5.02 Å². The van der Waals surface area contributed by atoms with Crippen LogP contribution in [0.1, 0.15) is 2.85 Å². The summed E-state index contributed by atoms with van der Waals surface area (Å²) in [5, 5.41) is 0.428. The van der Waals surface area contributed by atoms with E-state index >= 15 is 0 Å². The first-order valence-electron chi connectivity index (χ1n) is 2.73. The van der Waals surface area contributed by atoms with Crippen LogP contribution in [0.25, 0.3) is 0 Å². The minimum absolute atomic E-state index is 0. The zero-order valence-corrected chi connectivity index (χ0v) is 9.85. The maximum absolute atomic E-state index is 10.5. The van der Waals surface area contributed by atoms with Crippen LogP contribution < -0.4 is 0 Å². The molecule has 0 bridgehead atoms. The van der Waals surface area contributed by atoms with Crippen molar-refractivity contribution < 1.29 is 15.8 Å². The summed E-state index contributed by atoms with van der Waals surface area (Å²) in [4.78, 5) is -0.151. The van der Waals surface area contributed by atoms with Crippen molar-refractivity contribution >= 4 is 59.5 Å². The molecule has 0 heterocycles. The van der Waals surface area contributed by atoms with E-state index in [1.54, 1.807) is 0 Å². The van der Waals surface area contributed by atoms with Crippen molar-refractivity contribution in [2.75, 3.05) is 0 Å². The SMILES string of the molecule is O=S(=O)(O)c1ccc(Cl)cc1.[Ca+2].[H-].[H-]. The summed E-state index contributed by atoms with van der Waals surface area (Å²) in [6.07, 6.45) is 0. The van der Waals surface area contributed by atoms with Gasteiger partial charge in [0.2, 0.25) is 0 Å². The summed E-state index contributed by atoms with van der Waals surface area (Å²) >= 11 is 5.49. The quantitative estimate of drug-likeness (QED) is 0.591. The Morgan fingerprint density at radius 3 is 2.00 bits per heavy atom. The van der Waals surface area contributed by atoms with Gasteiger partial charge in [-0.2, -0.15) is 8.42 Å². The Labute approximate surface area is 108 Å². The molecule has 0 saturated carbocycles. The molecule has 0 aliphatic heterocycles. The number of benzene rings is 1. The first-order chi connectivity index (χ1) is 5.00. The average molecular weight is 235 g/mol. The normalized spacial score (nSPS) is 10.5. The molecule has 1 N–H and O–H groups in total. The van der Waals surface area contributed by atoms with E-state index in [0.717, 1.165) is 0 Å². The van der Waals surface area contributed by atoms with Crippen LogP contribution >= 0.6 is 11.6 Å². The molecule has 0 atom stereocenters. The Morgan fingerprint density at radius 1 is 1.25 bits per heavy atom. The summed E-state index contributed by atoms with van der Waals surface area (Å²) in [6.45, 7) is 0. The molecular weight excluding hydrogens is 228 g/mol. The second-order valence-corrected chi connectivity index (χ2v) is 3.79. The molecule has 0 fully saturated rings. The van der Waals surface area contributed by atoms with Crippen molar-refractivity contribution in [1.82, 2.24) is 0 Å². The largest absolute Gasteiger partial charge is 2.00 e. The Morgan fingerprint density at radius 2 is 1.67 bits per heavy atom. The van der Waals surface area contributed by atoms with Gasteiger partial charge in [-0.05, 0) is 24.3 Å². The Bertz CT molecular complexity index is 354. The fourth-order valence-corrected chi connectivity index (χ4v) is 1.21. The van der Waals surface area contributed by atoms with Crippen molar-refractivity contribution in [2.45, 2.75) is 4.90 Å². The van der Waals surface area contributed by atoms with Crippen molar-refractivity contribution in [1.29, 1.82) is 0 Å². The van der Waals surface area contributed by atoms with Crippen LogP contribution in [-0.2, 0) is 10.1 Å². The van der Waals surface area contributed by atoms with Gasteiger partial charge >= 0.3 is 37.7 Å². The third-order valence-electron chi connectivity index (χ3n) is 1.11. The number of rotatable bonds is 1. The van der Waals surface area contributed by atoms with Crippen molar-refractivity contribution in [3.05, 3.63) is 29.3 Å². The van der Waals surface area contributed by atoms with Crippen LogP contribution in [0.3, 0.4) is 0 Å². The molecule has 64 valence electrons. The summed E-state index contributed by atoms with van der Waals surface area (Å²) in [6, 6.07) is 5.25. The molecule has 1 aromatic rings. The minimum atomic E-state index is -4.08. The van der Waals surface area contributed by atoms with Gasteiger partial charge in [-0.25, -0.2) is 0 Å². The van der Waals surface area contributed by atoms with E-state index in [1.807, 2.05) is 0 Å². The van der Waals surface area contributed by atoms with E-state index in [4.69, 9.17) is 16.2 Å². The van der Waals surface area contributed by atoms with E-state index in [0.29, 0.717) is 5.02 Å². The topological polar surface area (TPSA) is 54.4 Å².